The first-order chi connectivity index (χ1) is 16.7. The summed E-state index contributed by atoms with van der Waals surface area (Å²) in [6.07, 6.45) is -3.33. The van der Waals surface area contributed by atoms with E-state index in [0.717, 1.165) is 11.6 Å². The number of ether oxygens (including phenoxy) is 1. The molecule has 13 heteroatoms. The molecule has 8 nitrogen and oxygen atoms in total. The van der Waals surface area contributed by atoms with Gasteiger partial charge in [-0.2, -0.15) is 0 Å². The van der Waals surface area contributed by atoms with Crippen LogP contribution < -0.4 is 26.2 Å². The van der Waals surface area contributed by atoms with Crippen LogP contribution in [0.3, 0.4) is 0 Å². The van der Waals surface area contributed by atoms with E-state index >= 15 is 0 Å². The van der Waals surface area contributed by atoms with Crippen molar-refractivity contribution in [3.8, 4) is 16.9 Å². The average molecular weight is 514 g/mol. The van der Waals surface area contributed by atoms with E-state index in [0.29, 0.717) is 30.1 Å². The maximum atomic E-state index is 12.5. The number of nitrogens with zero attached hydrogens (tertiary/aromatic N) is 1. The van der Waals surface area contributed by atoms with Crippen molar-refractivity contribution >= 4 is 29.3 Å². The fourth-order valence-electron chi connectivity index (χ4n) is 2.98. The first-order valence-corrected chi connectivity index (χ1v) is 10.6. The number of carbonyl (C=O) groups excluding carboxylic acids is 1. The van der Waals surface area contributed by atoms with Crippen LogP contribution in [0.5, 0.6) is 5.75 Å². The van der Waals surface area contributed by atoms with Gasteiger partial charge in [0.05, 0.1) is 17.9 Å². The molecule has 35 heavy (non-hydrogen) atoms. The molecule has 0 aliphatic rings. The normalized spacial score (nSPS) is 11.2. The van der Waals surface area contributed by atoms with E-state index in [-0.39, 0.29) is 17.2 Å². The quantitative estimate of drug-likeness (QED) is 0.236. The summed E-state index contributed by atoms with van der Waals surface area (Å²) in [6.45, 7) is 0.520. The summed E-state index contributed by atoms with van der Waals surface area (Å²) in [5.74, 6) is -0.838. The second kappa shape index (κ2) is 11.7. The molecule has 4 N–H and O–H groups in total. The third kappa shape index (κ3) is 7.69. The van der Waals surface area contributed by atoms with E-state index in [1.807, 2.05) is 0 Å². The molecular formula is C22H20ClF4N5O3. The van der Waals surface area contributed by atoms with Gasteiger partial charge >= 0.3 is 12.4 Å². The Kier molecular flexibility index (Phi) is 8.66. The number of amides is 2. The van der Waals surface area contributed by atoms with Gasteiger partial charge in [0.2, 0.25) is 5.95 Å². The van der Waals surface area contributed by atoms with Gasteiger partial charge in [0.15, 0.2) is 5.75 Å². The summed E-state index contributed by atoms with van der Waals surface area (Å²) in [5.41, 5.74) is 0.601. The summed E-state index contributed by atoms with van der Waals surface area (Å²) in [6, 6.07) is 8.98. The number of H-pyrrole nitrogens is 1. The van der Waals surface area contributed by atoms with Crippen LogP contribution in [0.15, 0.2) is 53.5 Å². The van der Waals surface area contributed by atoms with Gasteiger partial charge in [-0.15, -0.1) is 13.2 Å². The lowest BCUT2D eigenvalue weighted by atomic mass is 10.1. The van der Waals surface area contributed by atoms with Gasteiger partial charge in [-0.3, -0.25) is 19.5 Å². The minimum absolute atomic E-state index is 0.179. The summed E-state index contributed by atoms with van der Waals surface area (Å²) in [4.78, 5) is 31.1. The van der Waals surface area contributed by atoms with Crippen molar-refractivity contribution in [3.63, 3.8) is 0 Å². The van der Waals surface area contributed by atoms with Crippen LogP contribution in [0.2, 0.25) is 5.02 Å². The SMILES string of the molecule is O=C(Nc1ncc(-c2ccc(CNCCCF)c(Cl)c2)c(=O)[nH]1)Nc1ccccc1OC(F)(F)F. The van der Waals surface area contributed by atoms with E-state index in [1.54, 1.807) is 18.2 Å². The Morgan fingerprint density at radius 1 is 1.14 bits per heavy atom. The fourth-order valence-corrected chi connectivity index (χ4v) is 3.23. The number of alkyl halides is 4. The highest BCUT2D eigenvalue weighted by atomic mass is 35.5. The Morgan fingerprint density at radius 3 is 2.60 bits per heavy atom. The van der Waals surface area contributed by atoms with Crippen LogP contribution >= 0.6 is 11.6 Å². The Hall–Kier alpha value is -3.64. The lowest BCUT2D eigenvalue weighted by molar-refractivity contribution is -0.274. The molecule has 1 aromatic heterocycles. The number of para-hydroxylation sites is 2. The van der Waals surface area contributed by atoms with Crippen molar-refractivity contribution in [1.29, 1.82) is 0 Å². The summed E-state index contributed by atoms with van der Waals surface area (Å²) < 4.78 is 53.6. The lowest BCUT2D eigenvalue weighted by Gasteiger charge is -2.14. The molecular weight excluding hydrogens is 494 g/mol. The van der Waals surface area contributed by atoms with Crippen molar-refractivity contribution in [2.75, 3.05) is 23.9 Å². The van der Waals surface area contributed by atoms with Gasteiger partial charge in [0.1, 0.15) is 0 Å². The molecule has 0 atom stereocenters. The molecule has 3 aromatic rings. The number of halogens is 5. The first-order valence-electron chi connectivity index (χ1n) is 10.2. The van der Waals surface area contributed by atoms with Crippen LogP contribution in [-0.4, -0.2) is 35.6 Å². The minimum Gasteiger partial charge on any atom is -0.404 e. The van der Waals surface area contributed by atoms with Gasteiger partial charge in [-0.1, -0.05) is 35.9 Å². The molecule has 0 bridgehead atoms. The largest absolute Gasteiger partial charge is 0.573 e. The van der Waals surface area contributed by atoms with Crippen molar-refractivity contribution < 1.29 is 27.1 Å². The molecule has 0 spiro atoms. The maximum absolute atomic E-state index is 12.5. The molecule has 0 radical (unpaired) electrons. The standard InChI is InChI=1S/C22H20ClF4N5O3/c23-16-10-13(6-7-14(16)11-28-9-3-8-24)15-12-29-20(31-19(15)33)32-21(34)30-17-4-1-2-5-18(17)35-22(25,26)27/h1-2,4-7,10,12,28H,3,8-9,11H2,(H3,29,30,31,32,33,34). The maximum Gasteiger partial charge on any atom is 0.573 e. The molecule has 1 heterocycles. The third-order valence-corrected chi connectivity index (χ3v) is 4.91. The lowest BCUT2D eigenvalue weighted by Crippen LogP contribution is -2.24. The van der Waals surface area contributed by atoms with Gasteiger partial charge in [-0.05, 0) is 42.3 Å². The Labute approximate surface area is 201 Å². The summed E-state index contributed by atoms with van der Waals surface area (Å²) in [5, 5.41) is 7.90. The Morgan fingerprint density at radius 2 is 1.91 bits per heavy atom. The fraction of sp³-hybridized carbons (Fsp3) is 0.227. The molecule has 0 aliphatic heterocycles. The molecule has 0 fully saturated rings. The average Bonchev–Trinajstić information content (AvgIpc) is 2.78. The van der Waals surface area contributed by atoms with Crippen LogP contribution in [-0.2, 0) is 6.54 Å². The zero-order valence-corrected chi connectivity index (χ0v) is 18.8. The number of benzene rings is 2. The Bertz CT molecular complexity index is 1240. The number of nitrogens with one attached hydrogen (secondary N) is 4. The van der Waals surface area contributed by atoms with Crippen LogP contribution in [0.4, 0.5) is 34.0 Å². The van der Waals surface area contributed by atoms with E-state index in [2.05, 4.69) is 30.7 Å². The Balaban J connectivity index is 1.67. The van der Waals surface area contributed by atoms with Gasteiger partial charge in [0, 0.05) is 17.8 Å². The number of aromatic amines is 1. The highest BCUT2D eigenvalue weighted by molar-refractivity contribution is 6.31. The van der Waals surface area contributed by atoms with E-state index in [1.165, 1.54) is 24.4 Å². The van der Waals surface area contributed by atoms with Crippen molar-refractivity contribution in [1.82, 2.24) is 15.3 Å². The van der Waals surface area contributed by atoms with Crippen LogP contribution in [0, 0.1) is 0 Å². The third-order valence-electron chi connectivity index (χ3n) is 4.56. The molecule has 0 unspecified atom stereocenters. The number of aromatic nitrogens is 2. The highest BCUT2D eigenvalue weighted by Gasteiger charge is 2.32. The van der Waals surface area contributed by atoms with Crippen molar-refractivity contribution in [2.24, 2.45) is 0 Å². The minimum atomic E-state index is -4.94. The zero-order valence-electron chi connectivity index (χ0n) is 18.0. The van der Waals surface area contributed by atoms with E-state index in [4.69, 9.17) is 11.6 Å². The predicted octanol–water partition coefficient (Wildman–Crippen LogP) is 5.08. The number of rotatable bonds is 9. The van der Waals surface area contributed by atoms with Gasteiger partial charge in [0.25, 0.3) is 5.56 Å². The van der Waals surface area contributed by atoms with Gasteiger partial charge < -0.3 is 15.4 Å². The summed E-state index contributed by atoms with van der Waals surface area (Å²) >= 11 is 6.28. The number of carbonyl (C=O) groups is 1. The predicted molar refractivity (Wildman–Crippen MR) is 123 cm³/mol. The summed E-state index contributed by atoms with van der Waals surface area (Å²) in [7, 11) is 0. The van der Waals surface area contributed by atoms with Crippen molar-refractivity contribution in [3.05, 3.63) is 69.6 Å². The monoisotopic (exact) mass is 513 g/mol. The van der Waals surface area contributed by atoms with E-state index < -0.39 is 30.4 Å². The molecule has 2 amide bonds. The smallest absolute Gasteiger partial charge is 0.404 e. The first kappa shape index (κ1) is 26.0. The molecule has 0 saturated heterocycles. The number of anilines is 2. The number of hydrogen-bond donors (Lipinski definition) is 4. The molecule has 2 aromatic carbocycles. The molecule has 186 valence electrons. The second-order valence-corrected chi connectivity index (χ2v) is 7.53. The van der Waals surface area contributed by atoms with Crippen LogP contribution in [0.25, 0.3) is 11.1 Å². The van der Waals surface area contributed by atoms with E-state index in [9.17, 15) is 27.2 Å². The van der Waals surface area contributed by atoms with Crippen molar-refractivity contribution in [2.45, 2.75) is 19.3 Å². The highest BCUT2D eigenvalue weighted by Crippen LogP contribution is 2.30. The topological polar surface area (TPSA) is 108 Å². The number of hydrogen-bond acceptors (Lipinski definition) is 5. The molecule has 0 aliphatic carbocycles. The second-order valence-electron chi connectivity index (χ2n) is 7.12. The molecule has 0 saturated carbocycles. The number of urea groups is 1. The molecule has 3 rings (SSSR count). The van der Waals surface area contributed by atoms with Crippen LogP contribution in [0.1, 0.15) is 12.0 Å². The zero-order chi connectivity index (χ0) is 25.4. The van der Waals surface area contributed by atoms with Gasteiger partial charge in [-0.25, -0.2) is 9.78 Å².